The van der Waals surface area contributed by atoms with Crippen LogP contribution in [0.2, 0.25) is 0 Å². The lowest BCUT2D eigenvalue weighted by Gasteiger charge is -2.25. The molecular weight excluding hydrogens is 338 g/mol. The predicted octanol–water partition coefficient (Wildman–Crippen LogP) is 3.86. The second kappa shape index (κ2) is 5.61. The fraction of sp³-hybridized carbons (Fsp3) is 0.643. The number of hydrogen-bond acceptors (Lipinski definition) is 3. The molecule has 0 aromatic rings. The molecule has 0 saturated heterocycles. The highest BCUT2D eigenvalue weighted by Crippen LogP contribution is 2.40. The molecule has 0 radical (unpaired) electrons. The molecule has 0 N–H and O–H groups in total. The normalized spacial score (nSPS) is 23.0. The lowest BCUT2D eigenvalue weighted by Crippen LogP contribution is -2.31. The lowest BCUT2D eigenvalue weighted by molar-refractivity contribution is -0.673. The molecule has 23 heavy (non-hydrogen) atoms. The quantitative estimate of drug-likeness (QED) is 0.327. The van der Waals surface area contributed by atoms with Crippen molar-refractivity contribution in [1.82, 2.24) is 0 Å². The third kappa shape index (κ3) is 2.90. The Labute approximate surface area is 131 Å². The Hall–Kier alpha value is -1.38. The molecule has 128 valence electrons. The van der Waals surface area contributed by atoms with E-state index in [1.807, 2.05) is 0 Å². The van der Waals surface area contributed by atoms with Gasteiger partial charge in [0.05, 0.1) is 10.1 Å². The monoisotopic (exact) mass is 354 g/mol. The van der Waals surface area contributed by atoms with Crippen LogP contribution in [0.1, 0.15) is 51.4 Å². The van der Waals surface area contributed by atoms with Gasteiger partial charge in [0.15, 0.2) is 0 Å². The van der Waals surface area contributed by atoms with Gasteiger partial charge in [0.2, 0.25) is 11.4 Å². The first-order chi connectivity index (χ1) is 10.7. The van der Waals surface area contributed by atoms with E-state index in [9.17, 15) is 26.1 Å². The minimum Gasteiger partial charge on any atom is -0.380 e. The number of rotatable bonds is 2. The summed E-state index contributed by atoms with van der Waals surface area (Å²) < 4.78 is 79.0. The van der Waals surface area contributed by atoms with Gasteiger partial charge in [0.25, 0.3) is 0 Å². The topological polar surface area (TPSA) is 46.4 Å². The Bertz CT molecular complexity index is 732. The Balaban J connectivity index is 2.01. The van der Waals surface area contributed by atoms with Gasteiger partial charge >= 0.3 is 15.6 Å². The van der Waals surface area contributed by atoms with Crippen LogP contribution in [0, 0.1) is 0 Å². The number of fused-ring (bicyclic) bond motifs is 1. The molecule has 0 aromatic carbocycles. The van der Waals surface area contributed by atoms with Crippen LogP contribution >= 0.6 is 0 Å². The Morgan fingerprint density at radius 3 is 2.39 bits per heavy atom. The minimum atomic E-state index is -5.72. The number of allylic oxidation sites excluding steroid dienone is 4. The van der Waals surface area contributed by atoms with Crippen molar-refractivity contribution in [2.45, 2.75) is 56.9 Å². The first-order valence-corrected chi connectivity index (χ1v) is 8.87. The maximum absolute atomic E-state index is 14.6. The zero-order valence-corrected chi connectivity index (χ0v) is 13.1. The van der Waals surface area contributed by atoms with Crippen molar-refractivity contribution in [3.63, 3.8) is 0 Å². The summed E-state index contributed by atoms with van der Waals surface area (Å²) >= 11 is 0. The van der Waals surface area contributed by atoms with E-state index in [0.717, 1.165) is 18.4 Å². The molecule has 0 unspecified atom stereocenters. The SMILES string of the molecule is O=S(=O)(OC1=C2CC3=C(CCCC3)[N+](F)=C2CCC1)C(F)(F)F. The molecule has 0 atom stereocenters. The van der Waals surface area contributed by atoms with Gasteiger partial charge in [-0.1, -0.05) is 0 Å². The average molecular weight is 354 g/mol. The maximum atomic E-state index is 14.6. The summed E-state index contributed by atoms with van der Waals surface area (Å²) in [7, 11) is -5.72. The molecule has 3 rings (SSSR count). The average Bonchev–Trinajstić information content (AvgIpc) is 2.47. The van der Waals surface area contributed by atoms with E-state index in [4.69, 9.17) is 0 Å². The molecule has 1 aliphatic heterocycles. The number of nitrogens with zero attached hydrogens (tertiary/aromatic N) is 1. The van der Waals surface area contributed by atoms with Crippen molar-refractivity contribution >= 4 is 15.8 Å². The Kier molecular flexibility index (Phi) is 4.02. The summed E-state index contributed by atoms with van der Waals surface area (Å²) in [5.74, 6) is -0.275. The molecule has 1 heterocycles. The lowest BCUT2D eigenvalue weighted by atomic mass is 9.83. The van der Waals surface area contributed by atoms with Crippen LogP contribution in [0.5, 0.6) is 0 Å². The summed E-state index contributed by atoms with van der Waals surface area (Å²) in [6, 6.07) is 0. The van der Waals surface area contributed by atoms with E-state index in [2.05, 4.69) is 4.18 Å². The van der Waals surface area contributed by atoms with Crippen LogP contribution in [-0.4, -0.2) is 24.4 Å². The third-order valence-electron chi connectivity index (χ3n) is 4.41. The van der Waals surface area contributed by atoms with Gasteiger partial charge in [0.1, 0.15) is 5.76 Å². The van der Waals surface area contributed by atoms with Crippen molar-refractivity contribution in [3.8, 4) is 0 Å². The van der Waals surface area contributed by atoms with Crippen molar-refractivity contribution < 1.29 is 35.1 Å². The van der Waals surface area contributed by atoms with Crippen LogP contribution in [-0.2, 0) is 14.3 Å². The van der Waals surface area contributed by atoms with Crippen LogP contribution in [0.4, 0.5) is 17.7 Å². The van der Waals surface area contributed by atoms with E-state index in [-0.39, 0.29) is 29.9 Å². The van der Waals surface area contributed by atoms with E-state index >= 15 is 0 Å². The second-order valence-electron chi connectivity index (χ2n) is 5.90. The molecule has 4 nitrogen and oxygen atoms in total. The summed E-state index contributed by atoms with van der Waals surface area (Å²) in [5.41, 5.74) is -3.59. The standard InChI is InChI=1S/C14H16F4NO3S/c15-14(16,17)23(20,21)22-13-7-3-6-12-10(13)8-9-4-1-2-5-11(9)19(12)18/h1-8H2/q+1. The van der Waals surface area contributed by atoms with Crippen LogP contribution in [0.15, 0.2) is 22.6 Å². The summed E-state index contributed by atoms with van der Waals surface area (Å²) in [5, 5.41) is 0. The molecule has 2 aliphatic carbocycles. The van der Waals surface area contributed by atoms with E-state index in [0.29, 0.717) is 36.2 Å². The van der Waals surface area contributed by atoms with Crippen LogP contribution in [0.3, 0.4) is 0 Å². The van der Waals surface area contributed by atoms with Crippen molar-refractivity contribution in [1.29, 1.82) is 0 Å². The fourth-order valence-electron chi connectivity index (χ4n) is 3.32. The Morgan fingerprint density at radius 2 is 1.70 bits per heavy atom. The van der Waals surface area contributed by atoms with Crippen molar-refractivity contribution in [3.05, 3.63) is 22.6 Å². The van der Waals surface area contributed by atoms with Gasteiger partial charge in [-0.05, 0) is 25.7 Å². The van der Waals surface area contributed by atoms with Gasteiger partial charge in [0, 0.05) is 36.1 Å². The molecular formula is C14H16F4NO3S+. The smallest absolute Gasteiger partial charge is 0.380 e. The Morgan fingerprint density at radius 1 is 1.00 bits per heavy atom. The van der Waals surface area contributed by atoms with Crippen LogP contribution < -0.4 is 0 Å². The van der Waals surface area contributed by atoms with E-state index in [1.165, 1.54) is 0 Å². The molecule has 0 bridgehead atoms. The highest BCUT2D eigenvalue weighted by atomic mass is 32.2. The number of hydrogen-bond donors (Lipinski definition) is 0. The first-order valence-electron chi connectivity index (χ1n) is 7.46. The minimum absolute atomic E-state index is 0.0601. The van der Waals surface area contributed by atoms with Crippen molar-refractivity contribution in [2.75, 3.05) is 0 Å². The van der Waals surface area contributed by atoms with Crippen LogP contribution in [0.25, 0.3) is 0 Å². The van der Waals surface area contributed by atoms with Gasteiger partial charge in [-0.2, -0.15) is 21.6 Å². The third-order valence-corrected chi connectivity index (χ3v) is 5.40. The molecule has 0 amide bonds. The number of alkyl halides is 3. The molecule has 0 spiro atoms. The first kappa shape index (κ1) is 16.5. The zero-order valence-electron chi connectivity index (χ0n) is 12.2. The second-order valence-corrected chi connectivity index (χ2v) is 7.44. The molecule has 0 fully saturated rings. The summed E-state index contributed by atoms with van der Waals surface area (Å²) in [6.45, 7) is 0. The molecule has 0 saturated carbocycles. The van der Waals surface area contributed by atoms with Gasteiger partial charge in [-0.25, -0.2) is 0 Å². The molecule has 3 aliphatic rings. The highest BCUT2D eigenvalue weighted by molar-refractivity contribution is 7.87. The van der Waals surface area contributed by atoms with Gasteiger partial charge in [-0.15, -0.1) is 0 Å². The molecule has 0 aromatic heterocycles. The summed E-state index contributed by atoms with van der Waals surface area (Å²) in [6.07, 6.45) is 4.08. The largest absolute Gasteiger partial charge is 0.534 e. The zero-order chi connectivity index (χ0) is 16.8. The molecule has 9 heteroatoms. The number of halogens is 4. The maximum Gasteiger partial charge on any atom is 0.534 e. The van der Waals surface area contributed by atoms with E-state index in [1.54, 1.807) is 0 Å². The highest BCUT2D eigenvalue weighted by Gasteiger charge is 2.50. The van der Waals surface area contributed by atoms with Gasteiger partial charge < -0.3 is 4.18 Å². The van der Waals surface area contributed by atoms with Gasteiger partial charge in [-0.3, -0.25) is 0 Å². The fourth-order valence-corrected chi connectivity index (χ4v) is 3.87. The van der Waals surface area contributed by atoms with E-state index < -0.39 is 15.6 Å². The van der Waals surface area contributed by atoms with Crippen molar-refractivity contribution in [2.24, 2.45) is 0 Å². The predicted molar refractivity (Wildman–Crippen MR) is 73.4 cm³/mol. The summed E-state index contributed by atoms with van der Waals surface area (Å²) in [4.78, 5) is 0.538.